The van der Waals surface area contributed by atoms with Crippen molar-refractivity contribution in [3.63, 3.8) is 0 Å². The van der Waals surface area contributed by atoms with Gasteiger partial charge in [0.15, 0.2) is 11.6 Å². The number of benzene rings is 3. The smallest absolute Gasteiger partial charge is 0.166 e. The summed E-state index contributed by atoms with van der Waals surface area (Å²) in [7, 11) is 0. The molecule has 0 nitrogen and oxygen atoms in total. The van der Waals surface area contributed by atoms with Crippen LogP contribution in [0.4, 0.5) is 8.78 Å². The Morgan fingerprint density at radius 2 is 1.10 bits per heavy atom. The Bertz CT molecular complexity index is 940. The molecule has 0 aliphatic rings. The minimum atomic E-state index is -0.736. The molecule has 0 N–H and O–H groups in total. The van der Waals surface area contributed by atoms with Crippen LogP contribution in [0.2, 0.25) is 0 Å². The molecule has 0 radical (unpaired) electrons. The van der Waals surface area contributed by atoms with E-state index in [9.17, 15) is 8.78 Å². The normalized spacial score (nSPS) is 11.1. The van der Waals surface area contributed by atoms with Gasteiger partial charge in [-0.3, -0.25) is 0 Å². The quantitative estimate of drug-likeness (QED) is 0.273. The van der Waals surface area contributed by atoms with E-state index in [2.05, 4.69) is 38.1 Å². The summed E-state index contributed by atoms with van der Waals surface area (Å²) in [4.78, 5) is 0. The summed E-state index contributed by atoms with van der Waals surface area (Å²) in [6.45, 7) is 4.37. The molecule has 0 aromatic heterocycles. The molecule has 0 fully saturated rings. The van der Waals surface area contributed by atoms with Crippen LogP contribution in [0.25, 0.3) is 11.1 Å². The summed E-state index contributed by atoms with van der Waals surface area (Å²) < 4.78 is 29.5. The lowest BCUT2D eigenvalue weighted by atomic mass is 9.97. The van der Waals surface area contributed by atoms with Crippen molar-refractivity contribution in [3.8, 4) is 11.1 Å². The summed E-state index contributed by atoms with van der Waals surface area (Å²) in [6.07, 6.45) is 9.05. The predicted octanol–water partition coefficient (Wildman–Crippen LogP) is 8.49. The van der Waals surface area contributed by atoms with Gasteiger partial charge in [0, 0.05) is 5.56 Å². The largest absolute Gasteiger partial charge is 0.203 e. The zero-order chi connectivity index (χ0) is 22.1. The first-order valence-electron chi connectivity index (χ1n) is 11.8. The zero-order valence-corrected chi connectivity index (χ0v) is 18.9. The van der Waals surface area contributed by atoms with Gasteiger partial charge in [-0.15, -0.1) is 0 Å². The van der Waals surface area contributed by atoms with Crippen LogP contribution in [0.1, 0.15) is 68.2 Å². The fourth-order valence-electron chi connectivity index (χ4n) is 4.08. The maximum Gasteiger partial charge on any atom is 0.166 e. The molecule has 3 aromatic carbocycles. The number of hydrogen-bond donors (Lipinski definition) is 0. The molecule has 0 bridgehead atoms. The number of rotatable bonds is 11. The van der Waals surface area contributed by atoms with Crippen LogP contribution in [-0.4, -0.2) is 0 Å². The number of hydrogen-bond acceptors (Lipinski definition) is 0. The third-order valence-electron chi connectivity index (χ3n) is 5.97. The average Bonchev–Trinajstić information content (AvgIpc) is 2.79. The Balaban J connectivity index is 1.60. The van der Waals surface area contributed by atoms with Crippen LogP contribution >= 0.6 is 0 Å². The summed E-state index contributed by atoms with van der Waals surface area (Å²) in [5, 5.41) is 0. The van der Waals surface area contributed by atoms with E-state index in [4.69, 9.17) is 0 Å². The Kier molecular flexibility index (Phi) is 8.82. The van der Waals surface area contributed by atoms with E-state index >= 15 is 0 Å². The van der Waals surface area contributed by atoms with Crippen molar-refractivity contribution in [2.75, 3.05) is 0 Å². The summed E-state index contributed by atoms with van der Waals surface area (Å²) in [6, 6.07) is 20.0. The van der Waals surface area contributed by atoms with Crippen LogP contribution in [0.3, 0.4) is 0 Å². The molecule has 0 heterocycles. The van der Waals surface area contributed by atoms with Gasteiger partial charge >= 0.3 is 0 Å². The topological polar surface area (TPSA) is 0 Å². The molecule has 3 aromatic rings. The Hall–Kier alpha value is -2.48. The first-order chi connectivity index (χ1) is 15.1. The summed E-state index contributed by atoms with van der Waals surface area (Å²) in [5.41, 5.74) is 5.38. The fraction of sp³-hybridized carbons (Fsp3) is 0.379. The van der Waals surface area contributed by atoms with Crippen molar-refractivity contribution in [1.29, 1.82) is 0 Å². The van der Waals surface area contributed by atoms with E-state index in [-0.39, 0.29) is 0 Å². The zero-order valence-electron chi connectivity index (χ0n) is 18.9. The van der Waals surface area contributed by atoms with Crippen molar-refractivity contribution < 1.29 is 8.78 Å². The number of unbranched alkanes of at least 4 members (excludes halogenated alkanes) is 2. The SMILES string of the molecule is CCCCCc1ccc(-c2ccc(CCCc3ccc(CCC)cc3)c(F)c2F)cc1. The standard InChI is InChI=1S/C29H34F2/c1-3-5-6-9-23-16-18-25(19-17-23)27-21-20-26(28(30)29(27)31)11-7-10-24-14-12-22(8-4-2)13-15-24/h12-21H,3-11H2,1-2H3. The van der Waals surface area contributed by atoms with Gasteiger partial charge in [0.1, 0.15) is 0 Å². The molecule has 0 aliphatic carbocycles. The van der Waals surface area contributed by atoms with Gasteiger partial charge in [0.2, 0.25) is 0 Å². The Morgan fingerprint density at radius 3 is 1.71 bits per heavy atom. The molecule has 0 saturated heterocycles. The second-order valence-corrected chi connectivity index (χ2v) is 8.47. The second-order valence-electron chi connectivity index (χ2n) is 8.47. The second kappa shape index (κ2) is 11.8. The molecular weight excluding hydrogens is 386 g/mol. The number of aryl methyl sites for hydroxylation is 4. The molecule has 0 amide bonds. The first-order valence-corrected chi connectivity index (χ1v) is 11.8. The molecule has 0 saturated carbocycles. The third kappa shape index (κ3) is 6.50. The van der Waals surface area contributed by atoms with Gasteiger partial charge in [-0.25, -0.2) is 8.78 Å². The molecule has 0 atom stereocenters. The van der Waals surface area contributed by atoms with Gasteiger partial charge in [0.25, 0.3) is 0 Å². The van der Waals surface area contributed by atoms with Crippen molar-refractivity contribution in [1.82, 2.24) is 0 Å². The van der Waals surface area contributed by atoms with E-state index in [0.717, 1.165) is 44.1 Å². The molecule has 2 heteroatoms. The average molecular weight is 421 g/mol. The van der Waals surface area contributed by atoms with E-state index in [1.54, 1.807) is 12.1 Å². The van der Waals surface area contributed by atoms with E-state index in [1.807, 2.05) is 24.3 Å². The molecule has 0 unspecified atom stereocenters. The first kappa shape index (κ1) is 23.2. The predicted molar refractivity (Wildman–Crippen MR) is 127 cm³/mol. The maximum atomic E-state index is 14.8. The van der Waals surface area contributed by atoms with Gasteiger partial charge in [-0.2, -0.15) is 0 Å². The molecule has 0 aliphatic heterocycles. The lowest BCUT2D eigenvalue weighted by Crippen LogP contribution is -1.99. The molecule has 164 valence electrons. The maximum absolute atomic E-state index is 14.8. The highest BCUT2D eigenvalue weighted by Crippen LogP contribution is 2.28. The lowest BCUT2D eigenvalue weighted by Gasteiger charge is -2.10. The minimum absolute atomic E-state index is 0.341. The molecular formula is C29H34F2. The molecule has 0 spiro atoms. The van der Waals surface area contributed by atoms with Crippen LogP contribution < -0.4 is 0 Å². The van der Waals surface area contributed by atoms with E-state index in [1.165, 1.54) is 29.5 Å². The highest BCUT2D eigenvalue weighted by molar-refractivity contribution is 5.65. The fourth-order valence-corrected chi connectivity index (χ4v) is 4.08. The van der Waals surface area contributed by atoms with Gasteiger partial charge in [-0.05, 0) is 66.3 Å². The Labute approximate surface area is 186 Å². The van der Waals surface area contributed by atoms with E-state index < -0.39 is 11.6 Å². The van der Waals surface area contributed by atoms with Gasteiger partial charge in [-0.1, -0.05) is 93.8 Å². The monoisotopic (exact) mass is 420 g/mol. The minimum Gasteiger partial charge on any atom is -0.203 e. The van der Waals surface area contributed by atoms with E-state index in [0.29, 0.717) is 17.5 Å². The highest BCUT2D eigenvalue weighted by Gasteiger charge is 2.14. The summed E-state index contributed by atoms with van der Waals surface area (Å²) in [5.74, 6) is -1.44. The Morgan fingerprint density at radius 1 is 0.516 bits per heavy atom. The van der Waals surface area contributed by atoms with Crippen LogP contribution in [0.15, 0.2) is 60.7 Å². The van der Waals surface area contributed by atoms with Crippen LogP contribution in [-0.2, 0) is 25.7 Å². The van der Waals surface area contributed by atoms with Crippen LogP contribution in [0.5, 0.6) is 0 Å². The van der Waals surface area contributed by atoms with Gasteiger partial charge in [0.05, 0.1) is 0 Å². The van der Waals surface area contributed by atoms with Crippen molar-refractivity contribution in [2.24, 2.45) is 0 Å². The van der Waals surface area contributed by atoms with Crippen molar-refractivity contribution >= 4 is 0 Å². The highest BCUT2D eigenvalue weighted by atomic mass is 19.2. The van der Waals surface area contributed by atoms with Crippen molar-refractivity contribution in [2.45, 2.75) is 71.6 Å². The molecule has 3 rings (SSSR count). The van der Waals surface area contributed by atoms with Gasteiger partial charge < -0.3 is 0 Å². The van der Waals surface area contributed by atoms with Crippen LogP contribution in [0, 0.1) is 11.6 Å². The number of halogens is 2. The lowest BCUT2D eigenvalue weighted by molar-refractivity contribution is 0.499. The third-order valence-corrected chi connectivity index (χ3v) is 5.97. The summed E-state index contributed by atoms with van der Waals surface area (Å²) >= 11 is 0. The van der Waals surface area contributed by atoms with Crippen molar-refractivity contribution in [3.05, 3.63) is 94.6 Å². The molecule has 31 heavy (non-hydrogen) atoms.